The van der Waals surface area contributed by atoms with Crippen molar-refractivity contribution in [3.63, 3.8) is 0 Å². The zero-order valence-electron chi connectivity index (χ0n) is 7.34. The maximum Gasteiger partial charge on any atom is 0.0624 e. The van der Waals surface area contributed by atoms with Crippen LogP contribution in [0.2, 0.25) is 0 Å². The van der Waals surface area contributed by atoms with Crippen molar-refractivity contribution >= 4 is 0 Å². The van der Waals surface area contributed by atoms with Crippen molar-refractivity contribution in [2.24, 2.45) is 0 Å². The average molecular weight is 151 g/mol. The molecule has 0 aliphatic carbocycles. The monoisotopic (exact) mass is 151 g/mol. The van der Waals surface area contributed by atoms with Crippen molar-refractivity contribution in [2.45, 2.75) is 45.4 Å². The lowest BCUT2D eigenvalue weighted by atomic mass is 10.2. The standard InChI is InChI=1S/C10H17N/c1-2-3-4-5-6-7-8-9-10-11/h6-7H,2-5,8-9H2,1H3/b7-6+. The third-order valence-electron chi connectivity index (χ3n) is 1.56. The molecule has 0 aromatic heterocycles. The third kappa shape index (κ3) is 9.23. The Morgan fingerprint density at radius 3 is 2.55 bits per heavy atom. The van der Waals surface area contributed by atoms with E-state index in [2.05, 4.69) is 25.1 Å². The summed E-state index contributed by atoms with van der Waals surface area (Å²) in [5.41, 5.74) is 0. The maximum atomic E-state index is 8.22. The summed E-state index contributed by atoms with van der Waals surface area (Å²) in [5, 5.41) is 8.22. The van der Waals surface area contributed by atoms with Gasteiger partial charge in [0.1, 0.15) is 0 Å². The minimum Gasteiger partial charge on any atom is -0.198 e. The van der Waals surface area contributed by atoms with Gasteiger partial charge in [-0.1, -0.05) is 31.9 Å². The van der Waals surface area contributed by atoms with E-state index in [0.717, 1.165) is 6.42 Å². The number of hydrogen-bond acceptors (Lipinski definition) is 1. The molecule has 0 saturated heterocycles. The number of allylic oxidation sites excluding steroid dienone is 2. The molecular formula is C10H17N. The van der Waals surface area contributed by atoms with Gasteiger partial charge in [0.15, 0.2) is 0 Å². The van der Waals surface area contributed by atoms with Crippen molar-refractivity contribution in [1.82, 2.24) is 0 Å². The second-order valence-corrected chi connectivity index (χ2v) is 2.66. The number of rotatable bonds is 6. The molecule has 0 radical (unpaired) electrons. The van der Waals surface area contributed by atoms with Crippen LogP contribution < -0.4 is 0 Å². The molecule has 0 N–H and O–H groups in total. The predicted octanol–water partition coefficient (Wildman–Crippen LogP) is 3.43. The Kier molecular flexibility index (Phi) is 8.58. The Morgan fingerprint density at radius 2 is 1.91 bits per heavy atom. The molecule has 1 heteroatoms. The molecule has 0 rings (SSSR count). The molecular weight excluding hydrogens is 134 g/mol. The first kappa shape index (κ1) is 10.2. The molecule has 11 heavy (non-hydrogen) atoms. The number of unbranched alkanes of at least 4 members (excludes halogenated alkanes) is 4. The molecule has 0 bridgehead atoms. The van der Waals surface area contributed by atoms with E-state index in [0.29, 0.717) is 6.42 Å². The Hall–Kier alpha value is -0.770. The molecule has 0 atom stereocenters. The van der Waals surface area contributed by atoms with Gasteiger partial charge < -0.3 is 0 Å². The van der Waals surface area contributed by atoms with Crippen molar-refractivity contribution in [1.29, 1.82) is 5.26 Å². The lowest BCUT2D eigenvalue weighted by Crippen LogP contribution is -1.71. The van der Waals surface area contributed by atoms with E-state index >= 15 is 0 Å². The summed E-state index contributed by atoms with van der Waals surface area (Å²) in [4.78, 5) is 0. The summed E-state index contributed by atoms with van der Waals surface area (Å²) in [7, 11) is 0. The van der Waals surface area contributed by atoms with E-state index in [1.807, 2.05) is 0 Å². The highest BCUT2D eigenvalue weighted by Gasteiger charge is 1.81. The largest absolute Gasteiger partial charge is 0.198 e. The molecule has 0 aromatic rings. The smallest absolute Gasteiger partial charge is 0.0624 e. The molecule has 0 aliphatic rings. The Bertz CT molecular complexity index is 130. The van der Waals surface area contributed by atoms with Gasteiger partial charge in [-0.25, -0.2) is 0 Å². The molecule has 0 aromatic carbocycles. The highest BCUT2D eigenvalue weighted by molar-refractivity contribution is 4.85. The molecule has 1 nitrogen and oxygen atoms in total. The molecule has 62 valence electrons. The topological polar surface area (TPSA) is 23.8 Å². The highest BCUT2D eigenvalue weighted by Crippen LogP contribution is 2.00. The minimum absolute atomic E-state index is 0.657. The summed E-state index contributed by atoms with van der Waals surface area (Å²) >= 11 is 0. The van der Waals surface area contributed by atoms with E-state index in [1.165, 1.54) is 25.7 Å². The van der Waals surface area contributed by atoms with E-state index in [1.54, 1.807) is 0 Å². The molecule has 0 aliphatic heterocycles. The quantitative estimate of drug-likeness (QED) is 0.421. The summed E-state index contributed by atoms with van der Waals surface area (Å²) < 4.78 is 0. The zero-order valence-corrected chi connectivity index (χ0v) is 7.34. The SMILES string of the molecule is CCCCC/C=C/CCC#N. The maximum absolute atomic E-state index is 8.22. The lowest BCUT2D eigenvalue weighted by molar-refractivity contribution is 0.728. The number of hydrogen-bond donors (Lipinski definition) is 0. The summed E-state index contributed by atoms with van der Waals surface area (Å²) in [5.74, 6) is 0. The van der Waals surface area contributed by atoms with Crippen LogP contribution in [0.5, 0.6) is 0 Å². The van der Waals surface area contributed by atoms with E-state index in [4.69, 9.17) is 5.26 Å². The van der Waals surface area contributed by atoms with E-state index < -0.39 is 0 Å². The van der Waals surface area contributed by atoms with Gasteiger partial charge >= 0.3 is 0 Å². The molecule has 0 saturated carbocycles. The van der Waals surface area contributed by atoms with Gasteiger partial charge in [-0.2, -0.15) is 5.26 Å². The highest BCUT2D eigenvalue weighted by atomic mass is 14.2. The molecule has 0 heterocycles. The van der Waals surface area contributed by atoms with Crippen LogP contribution in [0.4, 0.5) is 0 Å². The van der Waals surface area contributed by atoms with Gasteiger partial charge in [0.2, 0.25) is 0 Å². The Balaban J connectivity index is 2.98. The van der Waals surface area contributed by atoms with Crippen LogP contribution in [-0.4, -0.2) is 0 Å². The summed E-state index contributed by atoms with van der Waals surface area (Å²) in [6.45, 7) is 2.21. The summed E-state index contributed by atoms with van der Waals surface area (Å²) in [6, 6.07) is 2.12. The van der Waals surface area contributed by atoms with Crippen molar-refractivity contribution in [3.8, 4) is 6.07 Å². The van der Waals surface area contributed by atoms with Crippen LogP contribution in [0, 0.1) is 11.3 Å². The Morgan fingerprint density at radius 1 is 1.18 bits per heavy atom. The first-order chi connectivity index (χ1) is 5.41. The van der Waals surface area contributed by atoms with Gasteiger partial charge in [-0.15, -0.1) is 0 Å². The molecule has 0 unspecified atom stereocenters. The fourth-order valence-corrected chi connectivity index (χ4v) is 0.896. The molecule has 0 amide bonds. The second-order valence-electron chi connectivity index (χ2n) is 2.66. The van der Waals surface area contributed by atoms with Gasteiger partial charge in [0.05, 0.1) is 6.07 Å². The lowest BCUT2D eigenvalue weighted by Gasteiger charge is -1.90. The third-order valence-corrected chi connectivity index (χ3v) is 1.56. The number of nitrogens with zero attached hydrogens (tertiary/aromatic N) is 1. The fraction of sp³-hybridized carbons (Fsp3) is 0.700. The van der Waals surface area contributed by atoms with Crippen LogP contribution in [0.25, 0.3) is 0 Å². The minimum atomic E-state index is 0.657. The Labute approximate surface area is 69.7 Å². The normalized spacial score (nSPS) is 10.2. The van der Waals surface area contributed by atoms with Crippen LogP contribution in [0.15, 0.2) is 12.2 Å². The van der Waals surface area contributed by atoms with Crippen LogP contribution in [0.3, 0.4) is 0 Å². The summed E-state index contributed by atoms with van der Waals surface area (Å²) in [6.07, 6.45) is 11.0. The van der Waals surface area contributed by atoms with Gasteiger partial charge in [0, 0.05) is 6.42 Å². The van der Waals surface area contributed by atoms with Crippen molar-refractivity contribution in [2.75, 3.05) is 0 Å². The second kappa shape index (κ2) is 9.23. The van der Waals surface area contributed by atoms with Crippen molar-refractivity contribution < 1.29 is 0 Å². The van der Waals surface area contributed by atoms with Gasteiger partial charge in [-0.05, 0) is 19.3 Å². The van der Waals surface area contributed by atoms with Crippen LogP contribution in [-0.2, 0) is 0 Å². The molecule has 0 fully saturated rings. The van der Waals surface area contributed by atoms with E-state index in [9.17, 15) is 0 Å². The number of nitriles is 1. The average Bonchev–Trinajstić information content (AvgIpc) is 2.03. The fourth-order valence-electron chi connectivity index (χ4n) is 0.896. The van der Waals surface area contributed by atoms with E-state index in [-0.39, 0.29) is 0 Å². The van der Waals surface area contributed by atoms with Crippen LogP contribution in [0.1, 0.15) is 45.4 Å². The van der Waals surface area contributed by atoms with Crippen molar-refractivity contribution in [3.05, 3.63) is 12.2 Å². The van der Waals surface area contributed by atoms with Crippen LogP contribution >= 0.6 is 0 Å². The first-order valence-electron chi connectivity index (χ1n) is 4.43. The first-order valence-corrected chi connectivity index (χ1v) is 4.43. The van der Waals surface area contributed by atoms with Gasteiger partial charge in [0.25, 0.3) is 0 Å². The zero-order chi connectivity index (χ0) is 8.36. The molecule has 0 spiro atoms. The predicted molar refractivity (Wildman–Crippen MR) is 48.1 cm³/mol. The van der Waals surface area contributed by atoms with Gasteiger partial charge in [-0.3, -0.25) is 0 Å².